The van der Waals surface area contributed by atoms with Gasteiger partial charge in [-0.2, -0.15) is 0 Å². The second kappa shape index (κ2) is 5.69. The molecule has 1 N–H and O–H groups in total. The summed E-state index contributed by atoms with van der Waals surface area (Å²) in [6.45, 7) is 1.97. The molecule has 0 aliphatic carbocycles. The molecule has 3 aromatic rings. The Morgan fingerprint density at radius 3 is 2.73 bits per heavy atom. The molecule has 0 unspecified atom stereocenters. The first-order chi connectivity index (χ1) is 10.6. The van der Waals surface area contributed by atoms with E-state index in [0.717, 1.165) is 10.7 Å². The Morgan fingerprint density at radius 1 is 1.27 bits per heavy atom. The van der Waals surface area contributed by atoms with Gasteiger partial charge in [-0.05, 0) is 19.1 Å². The van der Waals surface area contributed by atoms with Crippen molar-refractivity contribution in [3.05, 3.63) is 41.2 Å². The van der Waals surface area contributed by atoms with Gasteiger partial charge in [-0.3, -0.25) is 9.20 Å². The summed E-state index contributed by atoms with van der Waals surface area (Å²) in [5, 5.41) is 4.81. The lowest BCUT2D eigenvalue weighted by atomic mass is 10.2. The van der Waals surface area contributed by atoms with Crippen LogP contribution < -0.4 is 14.8 Å². The van der Waals surface area contributed by atoms with Crippen molar-refractivity contribution in [3.63, 3.8) is 0 Å². The van der Waals surface area contributed by atoms with Crippen LogP contribution >= 0.6 is 11.3 Å². The van der Waals surface area contributed by atoms with Crippen LogP contribution in [-0.4, -0.2) is 29.5 Å². The molecule has 6 nitrogen and oxygen atoms in total. The molecule has 1 aromatic carbocycles. The second-order valence-corrected chi connectivity index (χ2v) is 5.52. The maximum Gasteiger partial charge on any atom is 0.275 e. The van der Waals surface area contributed by atoms with Crippen molar-refractivity contribution in [2.24, 2.45) is 0 Å². The number of thiazole rings is 1. The molecule has 0 aliphatic rings. The number of imidazole rings is 1. The number of carbonyl (C=O) groups excluding carboxylic acids is 1. The van der Waals surface area contributed by atoms with E-state index in [-0.39, 0.29) is 5.91 Å². The third kappa shape index (κ3) is 2.50. The van der Waals surface area contributed by atoms with Crippen molar-refractivity contribution >= 4 is 27.9 Å². The molecule has 0 atom stereocenters. The Labute approximate surface area is 131 Å². The van der Waals surface area contributed by atoms with Gasteiger partial charge in [0.05, 0.1) is 14.2 Å². The molecule has 0 radical (unpaired) electrons. The minimum absolute atomic E-state index is 0.262. The molecule has 114 valence electrons. The number of amides is 1. The lowest BCUT2D eigenvalue weighted by Crippen LogP contribution is -2.12. The van der Waals surface area contributed by atoms with Crippen molar-refractivity contribution in [1.82, 2.24) is 9.38 Å². The van der Waals surface area contributed by atoms with Crippen LogP contribution in [0.15, 0.2) is 29.8 Å². The molecule has 0 saturated heterocycles. The van der Waals surface area contributed by atoms with Gasteiger partial charge in [0.15, 0.2) is 16.5 Å². The monoisotopic (exact) mass is 317 g/mol. The molecule has 0 saturated carbocycles. The summed E-state index contributed by atoms with van der Waals surface area (Å²) in [7, 11) is 3.12. The van der Waals surface area contributed by atoms with Crippen molar-refractivity contribution in [3.8, 4) is 11.5 Å². The first-order valence-corrected chi connectivity index (χ1v) is 7.47. The molecule has 0 spiro atoms. The van der Waals surface area contributed by atoms with Gasteiger partial charge in [0, 0.05) is 29.0 Å². The van der Waals surface area contributed by atoms with Gasteiger partial charge in [0.2, 0.25) is 0 Å². The summed E-state index contributed by atoms with van der Waals surface area (Å²) in [4.78, 5) is 17.4. The van der Waals surface area contributed by atoms with Gasteiger partial charge < -0.3 is 14.8 Å². The van der Waals surface area contributed by atoms with Gasteiger partial charge in [0.1, 0.15) is 5.69 Å². The molecule has 2 heterocycles. The summed E-state index contributed by atoms with van der Waals surface area (Å²) in [6.07, 6.45) is 1.73. The summed E-state index contributed by atoms with van der Waals surface area (Å²) in [5.41, 5.74) is 2.05. The van der Waals surface area contributed by atoms with E-state index < -0.39 is 0 Å². The Hall–Kier alpha value is -2.54. The average Bonchev–Trinajstić information content (AvgIpc) is 3.09. The molecular formula is C15H15N3O3S. The number of methoxy groups -OCH3 is 2. The lowest BCUT2D eigenvalue weighted by Gasteiger charge is -2.09. The first-order valence-electron chi connectivity index (χ1n) is 6.59. The quantitative estimate of drug-likeness (QED) is 0.803. The van der Waals surface area contributed by atoms with Gasteiger partial charge in [-0.1, -0.05) is 0 Å². The van der Waals surface area contributed by atoms with Crippen LogP contribution in [0.3, 0.4) is 0 Å². The average molecular weight is 317 g/mol. The fraction of sp³-hybridized carbons (Fsp3) is 0.200. The number of anilines is 1. The number of benzene rings is 1. The SMILES string of the molecule is COc1ccc(NC(=O)c2cn3c(C)csc3n2)cc1OC. The number of fused-ring (bicyclic) bond motifs is 1. The lowest BCUT2D eigenvalue weighted by molar-refractivity contribution is 0.102. The molecule has 0 fully saturated rings. The van der Waals surface area contributed by atoms with Crippen molar-refractivity contribution in [2.75, 3.05) is 19.5 Å². The van der Waals surface area contributed by atoms with E-state index in [4.69, 9.17) is 9.47 Å². The van der Waals surface area contributed by atoms with Crippen molar-refractivity contribution in [2.45, 2.75) is 6.92 Å². The van der Waals surface area contributed by atoms with Gasteiger partial charge in [-0.15, -0.1) is 11.3 Å². The van der Waals surface area contributed by atoms with Crippen LogP contribution in [0, 0.1) is 6.92 Å². The van der Waals surface area contributed by atoms with E-state index in [0.29, 0.717) is 22.9 Å². The van der Waals surface area contributed by atoms with Gasteiger partial charge >= 0.3 is 0 Å². The van der Waals surface area contributed by atoms with E-state index in [2.05, 4.69) is 10.3 Å². The molecule has 3 rings (SSSR count). The van der Waals surface area contributed by atoms with E-state index in [9.17, 15) is 4.79 Å². The highest BCUT2D eigenvalue weighted by molar-refractivity contribution is 7.15. The van der Waals surface area contributed by atoms with Crippen LogP contribution in [0.4, 0.5) is 5.69 Å². The predicted octanol–water partition coefficient (Wildman–Crippen LogP) is 2.97. The normalized spacial score (nSPS) is 10.7. The first kappa shape index (κ1) is 14.4. The van der Waals surface area contributed by atoms with E-state index in [1.54, 1.807) is 38.6 Å². The highest BCUT2D eigenvalue weighted by atomic mass is 32.1. The third-order valence-corrected chi connectivity index (χ3v) is 4.22. The smallest absolute Gasteiger partial charge is 0.275 e. The van der Waals surface area contributed by atoms with Crippen LogP contribution in [0.1, 0.15) is 16.2 Å². The number of hydrogen-bond donors (Lipinski definition) is 1. The molecule has 1 amide bonds. The van der Waals surface area contributed by atoms with Crippen LogP contribution in [0.5, 0.6) is 11.5 Å². The minimum atomic E-state index is -0.262. The minimum Gasteiger partial charge on any atom is -0.493 e. The zero-order valence-corrected chi connectivity index (χ0v) is 13.2. The Morgan fingerprint density at radius 2 is 2.05 bits per heavy atom. The molecule has 2 aromatic heterocycles. The zero-order chi connectivity index (χ0) is 15.7. The molecule has 7 heteroatoms. The summed E-state index contributed by atoms with van der Waals surface area (Å²) < 4.78 is 12.3. The maximum atomic E-state index is 12.3. The fourth-order valence-corrected chi connectivity index (χ4v) is 2.96. The number of nitrogens with zero attached hydrogens (tertiary/aromatic N) is 2. The maximum absolute atomic E-state index is 12.3. The number of ether oxygens (including phenoxy) is 2. The van der Waals surface area contributed by atoms with Gasteiger partial charge in [-0.25, -0.2) is 4.98 Å². The third-order valence-electron chi connectivity index (χ3n) is 3.26. The van der Waals surface area contributed by atoms with Crippen LogP contribution in [0.25, 0.3) is 4.96 Å². The standard InChI is InChI=1S/C15H15N3O3S/c1-9-8-22-15-17-11(7-18(9)15)14(19)16-10-4-5-12(20-2)13(6-10)21-3/h4-8H,1-3H3,(H,16,19). The van der Waals surface area contributed by atoms with Crippen LogP contribution in [-0.2, 0) is 0 Å². The predicted molar refractivity (Wildman–Crippen MR) is 85.3 cm³/mol. The van der Waals surface area contributed by atoms with Crippen molar-refractivity contribution < 1.29 is 14.3 Å². The molecule has 0 aliphatic heterocycles. The highest BCUT2D eigenvalue weighted by Gasteiger charge is 2.14. The van der Waals surface area contributed by atoms with Gasteiger partial charge in [0.25, 0.3) is 5.91 Å². The van der Waals surface area contributed by atoms with Crippen molar-refractivity contribution in [1.29, 1.82) is 0 Å². The number of carbonyl (C=O) groups is 1. The number of hydrogen-bond acceptors (Lipinski definition) is 5. The van der Waals surface area contributed by atoms with Crippen LogP contribution in [0.2, 0.25) is 0 Å². The topological polar surface area (TPSA) is 64.9 Å². The number of nitrogens with one attached hydrogen (secondary N) is 1. The Bertz CT molecular complexity index is 838. The van der Waals surface area contributed by atoms with E-state index in [1.165, 1.54) is 11.3 Å². The number of aromatic nitrogens is 2. The van der Waals surface area contributed by atoms with E-state index in [1.807, 2.05) is 16.7 Å². The molecule has 22 heavy (non-hydrogen) atoms. The number of aryl methyl sites for hydroxylation is 1. The Balaban J connectivity index is 1.84. The molecule has 0 bridgehead atoms. The zero-order valence-electron chi connectivity index (χ0n) is 12.4. The molecular weight excluding hydrogens is 302 g/mol. The second-order valence-electron chi connectivity index (χ2n) is 4.68. The summed E-state index contributed by atoms with van der Waals surface area (Å²) in [5.74, 6) is 0.906. The van der Waals surface area contributed by atoms with E-state index >= 15 is 0 Å². The summed E-state index contributed by atoms with van der Waals surface area (Å²) in [6, 6.07) is 5.20. The fourth-order valence-electron chi connectivity index (χ4n) is 2.11. The Kier molecular flexibility index (Phi) is 3.72. The highest BCUT2D eigenvalue weighted by Crippen LogP contribution is 2.30. The summed E-state index contributed by atoms with van der Waals surface area (Å²) >= 11 is 1.50. The largest absolute Gasteiger partial charge is 0.493 e. The number of rotatable bonds is 4.